The molecule has 2 amide bonds. The molecule has 1 aliphatic rings. The summed E-state index contributed by atoms with van der Waals surface area (Å²) in [4.78, 5) is 26.7. The molecule has 0 saturated carbocycles. The van der Waals surface area contributed by atoms with E-state index < -0.39 is 15.9 Å². The van der Waals surface area contributed by atoms with Crippen LogP contribution in [0.5, 0.6) is 5.75 Å². The van der Waals surface area contributed by atoms with Gasteiger partial charge < -0.3 is 15.0 Å². The number of benzene rings is 2. The first-order valence-electron chi connectivity index (χ1n) is 9.19. The molecule has 0 unspecified atom stereocenters. The minimum absolute atomic E-state index is 0.107. The maximum absolute atomic E-state index is 12.6. The Labute approximate surface area is 169 Å². The van der Waals surface area contributed by atoms with E-state index in [4.69, 9.17) is 4.74 Å². The van der Waals surface area contributed by atoms with Crippen molar-refractivity contribution in [2.75, 3.05) is 30.4 Å². The van der Waals surface area contributed by atoms with E-state index in [9.17, 15) is 18.0 Å². The summed E-state index contributed by atoms with van der Waals surface area (Å²) in [7, 11) is -1.99. The van der Waals surface area contributed by atoms with Crippen molar-refractivity contribution >= 4 is 33.2 Å². The molecule has 0 radical (unpaired) electrons. The standard InChI is InChI=1S/C20H23N3O5S/c1-3-21-29(26,27)18-9-7-15(8-10-18)22-20(25)14-11-19(24)23(13-14)16-5-4-6-17(12-16)28-2/h4-10,12,14,21H,3,11,13H2,1-2H3,(H,22,25)/t14-/m0/s1. The number of methoxy groups -OCH3 is 1. The van der Waals surface area contributed by atoms with Crippen LogP contribution in [0.1, 0.15) is 13.3 Å². The third-order valence-corrected chi connectivity index (χ3v) is 6.19. The third kappa shape index (κ3) is 4.75. The SMILES string of the molecule is CCNS(=O)(=O)c1ccc(NC(=O)[C@H]2CC(=O)N(c3cccc(OC)c3)C2)cc1. The summed E-state index contributed by atoms with van der Waals surface area (Å²) >= 11 is 0. The monoisotopic (exact) mass is 417 g/mol. The Morgan fingerprint density at radius 3 is 2.59 bits per heavy atom. The summed E-state index contributed by atoms with van der Waals surface area (Å²) in [6.07, 6.45) is 0.107. The second-order valence-electron chi connectivity index (χ2n) is 6.62. The number of carbonyl (C=O) groups is 2. The molecule has 1 saturated heterocycles. The Kier molecular flexibility index (Phi) is 6.19. The fourth-order valence-electron chi connectivity index (χ4n) is 3.15. The van der Waals surface area contributed by atoms with Crippen molar-refractivity contribution < 1.29 is 22.7 Å². The van der Waals surface area contributed by atoms with Gasteiger partial charge in [-0.2, -0.15) is 0 Å². The first kappa shape index (κ1) is 20.8. The Hall–Kier alpha value is -2.91. The van der Waals surface area contributed by atoms with E-state index in [1.807, 2.05) is 0 Å². The molecule has 1 atom stereocenters. The molecule has 1 heterocycles. The Bertz CT molecular complexity index is 1010. The van der Waals surface area contributed by atoms with Gasteiger partial charge >= 0.3 is 0 Å². The molecule has 2 N–H and O–H groups in total. The van der Waals surface area contributed by atoms with E-state index in [2.05, 4.69) is 10.0 Å². The Morgan fingerprint density at radius 2 is 1.93 bits per heavy atom. The van der Waals surface area contributed by atoms with E-state index in [1.54, 1.807) is 43.2 Å². The second kappa shape index (κ2) is 8.62. The van der Waals surface area contributed by atoms with Gasteiger partial charge in [0.05, 0.1) is 17.9 Å². The summed E-state index contributed by atoms with van der Waals surface area (Å²) in [5.74, 6) is -0.286. The summed E-state index contributed by atoms with van der Waals surface area (Å²) in [6.45, 7) is 2.26. The smallest absolute Gasteiger partial charge is 0.240 e. The van der Waals surface area contributed by atoms with E-state index in [0.717, 1.165) is 0 Å². The highest BCUT2D eigenvalue weighted by atomic mass is 32.2. The predicted molar refractivity (Wildman–Crippen MR) is 109 cm³/mol. The van der Waals surface area contributed by atoms with Crippen LogP contribution in [0.4, 0.5) is 11.4 Å². The number of sulfonamides is 1. The minimum atomic E-state index is -3.55. The lowest BCUT2D eigenvalue weighted by Gasteiger charge is -2.17. The van der Waals surface area contributed by atoms with Crippen LogP contribution in [0.25, 0.3) is 0 Å². The van der Waals surface area contributed by atoms with Gasteiger partial charge in [0.25, 0.3) is 0 Å². The van der Waals surface area contributed by atoms with Gasteiger partial charge in [-0.1, -0.05) is 13.0 Å². The summed E-state index contributed by atoms with van der Waals surface area (Å²) in [5.41, 5.74) is 1.15. The molecule has 1 aliphatic heterocycles. The number of hydrogen-bond acceptors (Lipinski definition) is 5. The van der Waals surface area contributed by atoms with Crippen molar-refractivity contribution in [3.63, 3.8) is 0 Å². The number of ether oxygens (including phenoxy) is 1. The number of anilines is 2. The molecule has 0 spiro atoms. The van der Waals surface area contributed by atoms with Gasteiger partial charge in [-0.15, -0.1) is 0 Å². The van der Waals surface area contributed by atoms with Gasteiger partial charge in [-0.25, -0.2) is 13.1 Å². The molecular formula is C20H23N3O5S. The highest BCUT2D eigenvalue weighted by Gasteiger charge is 2.35. The zero-order chi connectivity index (χ0) is 21.0. The zero-order valence-corrected chi connectivity index (χ0v) is 17.0. The molecule has 1 fully saturated rings. The van der Waals surface area contributed by atoms with Gasteiger partial charge in [-0.05, 0) is 36.4 Å². The molecule has 2 aromatic carbocycles. The summed E-state index contributed by atoms with van der Waals surface area (Å²) in [5, 5.41) is 2.75. The fourth-order valence-corrected chi connectivity index (χ4v) is 4.19. The summed E-state index contributed by atoms with van der Waals surface area (Å²) < 4.78 is 31.6. The van der Waals surface area contributed by atoms with Crippen LogP contribution in [0.15, 0.2) is 53.4 Å². The van der Waals surface area contributed by atoms with E-state index in [-0.39, 0.29) is 29.7 Å². The maximum Gasteiger partial charge on any atom is 0.240 e. The molecular weight excluding hydrogens is 394 g/mol. The van der Waals surface area contributed by atoms with Gasteiger partial charge in [0.15, 0.2) is 0 Å². The number of carbonyl (C=O) groups excluding carboxylic acids is 2. The number of nitrogens with one attached hydrogen (secondary N) is 2. The second-order valence-corrected chi connectivity index (χ2v) is 8.39. The number of hydrogen-bond donors (Lipinski definition) is 2. The van der Waals surface area contributed by atoms with E-state index in [0.29, 0.717) is 23.7 Å². The topological polar surface area (TPSA) is 105 Å². The molecule has 0 aliphatic carbocycles. The van der Waals surface area contributed by atoms with Gasteiger partial charge in [0.1, 0.15) is 5.75 Å². The molecule has 154 valence electrons. The normalized spacial score (nSPS) is 16.7. The largest absolute Gasteiger partial charge is 0.497 e. The van der Waals surface area contributed by atoms with Crippen LogP contribution in [-0.2, 0) is 19.6 Å². The van der Waals surface area contributed by atoms with Gasteiger partial charge in [0, 0.05) is 37.0 Å². The van der Waals surface area contributed by atoms with E-state index in [1.165, 1.54) is 24.3 Å². The number of amides is 2. The Balaban J connectivity index is 1.66. The van der Waals surface area contributed by atoms with Crippen LogP contribution in [0, 0.1) is 5.92 Å². The quantitative estimate of drug-likeness (QED) is 0.717. The van der Waals surface area contributed by atoms with Crippen molar-refractivity contribution in [1.29, 1.82) is 0 Å². The van der Waals surface area contributed by atoms with Gasteiger partial charge in [0.2, 0.25) is 21.8 Å². The fraction of sp³-hybridized carbons (Fsp3) is 0.300. The lowest BCUT2D eigenvalue weighted by Crippen LogP contribution is -2.28. The molecule has 29 heavy (non-hydrogen) atoms. The van der Waals surface area contributed by atoms with Crippen molar-refractivity contribution in [1.82, 2.24) is 4.72 Å². The van der Waals surface area contributed by atoms with E-state index >= 15 is 0 Å². The van der Waals surface area contributed by atoms with Crippen molar-refractivity contribution in [3.8, 4) is 5.75 Å². The highest BCUT2D eigenvalue weighted by molar-refractivity contribution is 7.89. The first-order valence-corrected chi connectivity index (χ1v) is 10.7. The van der Waals surface area contributed by atoms with Crippen LogP contribution in [0.2, 0.25) is 0 Å². The zero-order valence-electron chi connectivity index (χ0n) is 16.2. The molecule has 3 rings (SSSR count). The lowest BCUT2D eigenvalue weighted by atomic mass is 10.1. The van der Waals surface area contributed by atoms with Gasteiger partial charge in [-0.3, -0.25) is 9.59 Å². The lowest BCUT2D eigenvalue weighted by molar-refractivity contribution is -0.122. The number of rotatable bonds is 7. The average molecular weight is 417 g/mol. The van der Waals surface area contributed by atoms with Crippen LogP contribution >= 0.6 is 0 Å². The van der Waals surface area contributed by atoms with Crippen LogP contribution in [0.3, 0.4) is 0 Å². The maximum atomic E-state index is 12.6. The molecule has 8 nitrogen and oxygen atoms in total. The molecule has 0 aromatic heterocycles. The van der Waals surface area contributed by atoms with Crippen LogP contribution in [-0.4, -0.2) is 40.4 Å². The third-order valence-electron chi connectivity index (χ3n) is 4.63. The van der Waals surface area contributed by atoms with Crippen molar-refractivity contribution in [2.45, 2.75) is 18.2 Å². The highest BCUT2D eigenvalue weighted by Crippen LogP contribution is 2.28. The van der Waals surface area contributed by atoms with Crippen molar-refractivity contribution in [3.05, 3.63) is 48.5 Å². The number of nitrogens with zero attached hydrogens (tertiary/aromatic N) is 1. The predicted octanol–water partition coefficient (Wildman–Crippen LogP) is 1.98. The Morgan fingerprint density at radius 1 is 1.21 bits per heavy atom. The first-order chi connectivity index (χ1) is 13.8. The summed E-state index contributed by atoms with van der Waals surface area (Å²) in [6, 6.07) is 13.0. The minimum Gasteiger partial charge on any atom is -0.497 e. The molecule has 9 heteroatoms. The van der Waals surface area contributed by atoms with Crippen molar-refractivity contribution in [2.24, 2.45) is 5.92 Å². The van der Waals surface area contributed by atoms with Crippen LogP contribution < -0.4 is 19.7 Å². The average Bonchev–Trinajstić information content (AvgIpc) is 3.10. The molecule has 0 bridgehead atoms. The molecule has 2 aromatic rings.